The largest absolute Gasteiger partial charge is 0.417 e. The van der Waals surface area contributed by atoms with Crippen molar-refractivity contribution < 1.29 is 31.1 Å². The Kier molecular flexibility index (Phi) is 6.84. The minimum Gasteiger partial charge on any atom is -0.396 e. The van der Waals surface area contributed by atoms with Gasteiger partial charge in [-0.05, 0) is 66.2 Å². The van der Waals surface area contributed by atoms with Crippen LogP contribution in [0.1, 0.15) is 27.0 Å². The lowest BCUT2D eigenvalue weighted by Gasteiger charge is -2.28. The number of allylic oxidation sites excluding steroid dienone is 3. The number of amides is 1. The molecule has 0 fully saturated rings. The highest BCUT2D eigenvalue weighted by atomic mass is 19.4. The molecule has 0 unspecified atom stereocenters. The predicted molar refractivity (Wildman–Crippen MR) is 128 cm³/mol. The fraction of sp³-hybridized carbons (Fsp3) is 0.0741. The number of benzene rings is 3. The first kappa shape index (κ1) is 25.6. The second-order valence-electron chi connectivity index (χ2n) is 8.09. The predicted octanol–water partition coefficient (Wildman–Crippen LogP) is 6.55. The lowest BCUT2D eigenvalue weighted by Crippen LogP contribution is -2.23. The lowest BCUT2D eigenvalue weighted by molar-refractivity contribution is -0.137. The van der Waals surface area contributed by atoms with E-state index in [1.165, 1.54) is 41.3 Å². The van der Waals surface area contributed by atoms with Gasteiger partial charge in [-0.2, -0.15) is 13.2 Å². The number of nitrogens with two attached hydrogens (primary N) is 1. The summed E-state index contributed by atoms with van der Waals surface area (Å²) < 4.78 is 82.4. The van der Waals surface area contributed by atoms with Crippen LogP contribution in [-0.2, 0) is 6.18 Å². The number of halogens is 6. The number of alkyl halides is 3. The normalized spacial score (nSPS) is 14.9. The molecule has 1 heterocycles. The molecule has 1 amide bonds. The molecule has 0 saturated heterocycles. The summed E-state index contributed by atoms with van der Waals surface area (Å²) >= 11 is 0. The molecule has 3 aromatic rings. The van der Waals surface area contributed by atoms with Crippen LogP contribution < -0.4 is 11.1 Å². The second kappa shape index (κ2) is 9.88. The average Bonchev–Trinajstić information content (AvgIpc) is 2.86. The van der Waals surface area contributed by atoms with E-state index in [4.69, 9.17) is 5.73 Å². The van der Waals surface area contributed by atoms with Crippen molar-refractivity contribution in [1.29, 1.82) is 0 Å². The van der Waals surface area contributed by atoms with Gasteiger partial charge >= 0.3 is 6.18 Å². The first-order chi connectivity index (χ1) is 17.5. The molecule has 0 aliphatic carbocycles. The highest BCUT2D eigenvalue weighted by Crippen LogP contribution is 2.36. The molecule has 0 atom stereocenters. The van der Waals surface area contributed by atoms with E-state index in [2.05, 4.69) is 5.32 Å². The summed E-state index contributed by atoms with van der Waals surface area (Å²) in [6.45, 7) is 0. The van der Waals surface area contributed by atoms with Crippen LogP contribution in [0.15, 0.2) is 84.6 Å². The summed E-state index contributed by atoms with van der Waals surface area (Å²) in [5.74, 6) is -3.84. The van der Waals surface area contributed by atoms with Crippen molar-refractivity contribution in [3.63, 3.8) is 0 Å². The third-order valence-electron chi connectivity index (χ3n) is 5.72. The van der Waals surface area contributed by atoms with E-state index in [0.29, 0.717) is 5.70 Å². The van der Waals surface area contributed by atoms with E-state index in [0.717, 1.165) is 30.3 Å². The molecule has 190 valence electrons. The summed E-state index contributed by atoms with van der Waals surface area (Å²) in [7, 11) is 1.55. The van der Waals surface area contributed by atoms with Crippen LogP contribution in [0.3, 0.4) is 0 Å². The van der Waals surface area contributed by atoms with E-state index in [-0.39, 0.29) is 28.2 Å². The number of likely N-dealkylation sites (N-methyl/N-ethyl adjacent to an activating group) is 1. The molecule has 0 radical (unpaired) electrons. The Labute approximate surface area is 208 Å². The van der Waals surface area contributed by atoms with Crippen molar-refractivity contribution >= 4 is 23.0 Å². The van der Waals surface area contributed by atoms with E-state index >= 15 is 0 Å². The van der Waals surface area contributed by atoms with Gasteiger partial charge in [0.25, 0.3) is 5.91 Å². The minimum absolute atomic E-state index is 0.0949. The number of nitrogens with one attached hydrogen (secondary N) is 1. The van der Waals surface area contributed by atoms with Crippen molar-refractivity contribution in [3.05, 3.63) is 124 Å². The monoisotopic (exact) mass is 515 g/mol. The third kappa shape index (κ3) is 5.23. The van der Waals surface area contributed by atoms with E-state index in [1.807, 2.05) is 0 Å². The Hall–Kier alpha value is -4.47. The Morgan fingerprint density at radius 2 is 1.65 bits per heavy atom. The summed E-state index contributed by atoms with van der Waals surface area (Å²) in [5.41, 5.74) is 4.99. The molecule has 0 saturated carbocycles. The smallest absolute Gasteiger partial charge is 0.396 e. The number of rotatable bonds is 4. The van der Waals surface area contributed by atoms with E-state index < -0.39 is 40.7 Å². The van der Waals surface area contributed by atoms with Crippen LogP contribution in [-0.4, -0.2) is 17.9 Å². The molecule has 1 aliphatic heterocycles. The number of nitrogens with zero attached hydrogens (tertiary/aromatic N) is 1. The van der Waals surface area contributed by atoms with Gasteiger partial charge in [-0.3, -0.25) is 4.79 Å². The second-order valence-corrected chi connectivity index (χ2v) is 8.09. The fourth-order valence-corrected chi connectivity index (χ4v) is 3.86. The Balaban J connectivity index is 1.74. The molecule has 10 heteroatoms. The molecular formula is C27H19F6N3O. The number of anilines is 1. The summed E-state index contributed by atoms with van der Waals surface area (Å²) in [6, 6.07) is 11.1. The molecule has 4 rings (SSSR count). The van der Waals surface area contributed by atoms with Gasteiger partial charge < -0.3 is 16.0 Å². The molecule has 0 bridgehead atoms. The molecule has 3 N–H and O–H groups in total. The Morgan fingerprint density at radius 3 is 2.32 bits per heavy atom. The maximum Gasteiger partial charge on any atom is 0.417 e. The first-order valence-corrected chi connectivity index (χ1v) is 10.8. The van der Waals surface area contributed by atoms with Gasteiger partial charge in [-0.15, -0.1) is 0 Å². The van der Waals surface area contributed by atoms with Gasteiger partial charge in [0.2, 0.25) is 0 Å². The van der Waals surface area contributed by atoms with Crippen molar-refractivity contribution in [1.82, 2.24) is 4.90 Å². The summed E-state index contributed by atoms with van der Waals surface area (Å²) in [5, 5.41) is 2.34. The van der Waals surface area contributed by atoms with Gasteiger partial charge in [0.05, 0.1) is 22.5 Å². The zero-order valence-corrected chi connectivity index (χ0v) is 19.2. The Morgan fingerprint density at radius 1 is 0.946 bits per heavy atom. The number of carbonyl (C=O) groups is 1. The number of hydrogen-bond acceptors (Lipinski definition) is 3. The lowest BCUT2D eigenvalue weighted by atomic mass is 9.98. The standard InChI is InChI=1S/C27H19F6N3O/c1-36-22(6-3-7-23(36)25(34)18-4-2-5-21(29)24(18)30)15-8-13-20(27(31,32)33)19(14-15)26(37)35-17-11-9-16(28)10-12-17/h2-14H,34H2,1H3,(H,35,37)/b25-23-. The van der Waals surface area contributed by atoms with Gasteiger partial charge in [0.1, 0.15) is 5.82 Å². The fourth-order valence-electron chi connectivity index (χ4n) is 3.86. The number of hydrogen-bond donors (Lipinski definition) is 2. The summed E-state index contributed by atoms with van der Waals surface area (Å²) in [6.07, 6.45) is -0.172. The van der Waals surface area contributed by atoms with Crippen LogP contribution in [0, 0.1) is 17.5 Å². The van der Waals surface area contributed by atoms with Crippen molar-refractivity contribution in [2.75, 3.05) is 12.4 Å². The van der Waals surface area contributed by atoms with Gasteiger partial charge in [-0.25, -0.2) is 13.2 Å². The van der Waals surface area contributed by atoms with Crippen LogP contribution in [0.25, 0.3) is 11.4 Å². The zero-order chi connectivity index (χ0) is 26.9. The van der Waals surface area contributed by atoms with E-state index in [1.54, 1.807) is 19.2 Å². The van der Waals surface area contributed by atoms with Crippen molar-refractivity contribution in [2.45, 2.75) is 6.18 Å². The molecular weight excluding hydrogens is 496 g/mol. The molecule has 0 aromatic heterocycles. The molecule has 4 nitrogen and oxygen atoms in total. The van der Waals surface area contributed by atoms with Crippen LogP contribution in [0.2, 0.25) is 0 Å². The van der Waals surface area contributed by atoms with Crippen LogP contribution in [0.5, 0.6) is 0 Å². The minimum atomic E-state index is -4.83. The molecule has 37 heavy (non-hydrogen) atoms. The van der Waals surface area contributed by atoms with Gasteiger partial charge in [-0.1, -0.05) is 18.2 Å². The first-order valence-electron chi connectivity index (χ1n) is 10.8. The molecule has 0 spiro atoms. The van der Waals surface area contributed by atoms with Crippen LogP contribution >= 0.6 is 0 Å². The maximum absolute atomic E-state index is 14.3. The van der Waals surface area contributed by atoms with Gasteiger partial charge in [0.15, 0.2) is 11.6 Å². The third-order valence-corrected chi connectivity index (χ3v) is 5.72. The van der Waals surface area contributed by atoms with E-state index in [9.17, 15) is 31.1 Å². The molecule has 1 aliphatic rings. The highest BCUT2D eigenvalue weighted by Gasteiger charge is 2.36. The number of carbonyl (C=O) groups excluding carboxylic acids is 1. The average molecular weight is 515 g/mol. The highest BCUT2D eigenvalue weighted by molar-refractivity contribution is 6.06. The summed E-state index contributed by atoms with van der Waals surface area (Å²) in [4.78, 5) is 14.3. The topological polar surface area (TPSA) is 58.4 Å². The van der Waals surface area contributed by atoms with Crippen molar-refractivity contribution in [2.24, 2.45) is 5.73 Å². The Bertz CT molecular complexity index is 1460. The SMILES string of the molecule is CN1C(c2ccc(C(F)(F)F)c(C(=O)Nc3ccc(F)cc3)c2)=CC=C/C1=C(/N)c1cccc(F)c1F. The zero-order valence-electron chi connectivity index (χ0n) is 19.2. The van der Waals surface area contributed by atoms with Crippen LogP contribution in [0.4, 0.5) is 32.0 Å². The maximum atomic E-state index is 14.3. The molecule has 3 aromatic carbocycles. The van der Waals surface area contributed by atoms with Gasteiger partial charge in [0, 0.05) is 24.0 Å². The van der Waals surface area contributed by atoms with Crippen molar-refractivity contribution in [3.8, 4) is 0 Å². The quantitative estimate of drug-likeness (QED) is 0.388.